The lowest BCUT2D eigenvalue weighted by Crippen LogP contribution is -2.41. The zero-order valence-corrected chi connectivity index (χ0v) is 27.0. The summed E-state index contributed by atoms with van der Waals surface area (Å²) in [5, 5.41) is 2.30. The fraction of sp³-hybridized carbons (Fsp3) is 0.350. The molecule has 2 aromatic heterocycles. The van der Waals surface area contributed by atoms with Crippen molar-refractivity contribution in [1.82, 2.24) is 9.55 Å². The van der Waals surface area contributed by atoms with Gasteiger partial charge in [0.1, 0.15) is 35.1 Å². The standard InChI is InChI=1S/C40H43N4O/c1-39(2,3)27-16-17-41-36(21-27)44-34-11-9-8-10-32(34)33-15-14-30(23-35(33)44)45-31-20-28(40(4,5)6)19-29(22-31)43-24-42(7)37-25-12-13-26(18-25)38(37)43/h8-17,19-26,37-38H,18H2,1-7H3/q+1/i7D3. The number of anilines is 1. The van der Waals surface area contributed by atoms with E-state index in [4.69, 9.17) is 13.8 Å². The van der Waals surface area contributed by atoms with Crippen molar-refractivity contribution in [3.63, 3.8) is 0 Å². The van der Waals surface area contributed by atoms with Crippen LogP contribution >= 0.6 is 0 Å². The van der Waals surface area contributed by atoms with Crippen LogP contribution in [0.15, 0.2) is 91.1 Å². The van der Waals surface area contributed by atoms with Gasteiger partial charge in [0, 0.05) is 40.9 Å². The van der Waals surface area contributed by atoms with Crippen molar-refractivity contribution in [3.8, 4) is 17.3 Å². The first-order valence-electron chi connectivity index (χ1n) is 17.6. The summed E-state index contributed by atoms with van der Waals surface area (Å²) in [4.78, 5) is 7.03. The Morgan fingerprint density at radius 3 is 2.38 bits per heavy atom. The molecular formula is C40H43N4O+. The second-order valence-corrected chi connectivity index (χ2v) is 15.1. The Kier molecular flexibility index (Phi) is 5.42. The SMILES string of the molecule is [2H]C([2H])([2H])[N+]1=CN(c2cc(Oc3ccc4c5ccccc5n(-c5cc(C(C)(C)C)ccn5)c4c3)cc(C(C)(C)C)c2)C2C3C=CC(C3)C21. The van der Waals surface area contributed by atoms with Crippen molar-refractivity contribution in [1.29, 1.82) is 0 Å². The second kappa shape index (κ2) is 9.81. The Hall–Kier alpha value is -4.38. The average molecular weight is 599 g/mol. The first-order valence-corrected chi connectivity index (χ1v) is 16.1. The summed E-state index contributed by atoms with van der Waals surface area (Å²) in [5.74, 6) is 2.90. The topological polar surface area (TPSA) is 33.3 Å². The van der Waals surface area contributed by atoms with E-state index in [0.717, 1.165) is 56.8 Å². The van der Waals surface area contributed by atoms with Crippen LogP contribution < -0.4 is 9.64 Å². The van der Waals surface area contributed by atoms with E-state index in [1.165, 1.54) is 5.56 Å². The van der Waals surface area contributed by atoms with Crippen LogP contribution in [0, 0.1) is 11.8 Å². The Labute approximate surface area is 270 Å². The van der Waals surface area contributed by atoms with Gasteiger partial charge in [-0.05, 0) is 70.8 Å². The number of hydrogen-bond acceptors (Lipinski definition) is 3. The fourth-order valence-electron chi connectivity index (χ4n) is 7.67. The number of ether oxygens (including phenoxy) is 1. The fourth-order valence-corrected chi connectivity index (χ4v) is 7.67. The largest absolute Gasteiger partial charge is 0.457 e. The third-order valence-corrected chi connectivity index (χ3v) is 10.0. The number of hydrogen-bond donors (Lipinski definition) is 0. The van der Waals surface area contributed by atoms with Crippen molar-refractivity contribution in [2.24, 2.45) is 11.8 Å². The van der Waals surface area contributed by atoms with Crippen LogP contribution in [0.3, 0.4) is 0 Å². The van der Waals surface area contributed by atoms with Crippen molar-refractivity contribution >= 4 is 33.8 Å². The van der Waals surface area contributed by atoms with Gasteiger partial charge in [-0.15, -0.1) is 0 Å². The minimum Gasteiger partial charge on any atom is -0.457 e. The number of likely N-dealkylation sites (N-methyl/N-ethyl adjacent to an activating group) is 1. The molecule has 4 atom stereocenters. The summed E-state index contributed by atoms with van der Waals surface area (Å²) in [6.45, 7) is 11.1. The van der Waals surface area contributed by atoms with Gasteiger partial charge in [0.05, 0.1) is 22.1 Å². The van der Waals surface area contributed by atoms with Crippen LogP contribution in [0.5, 0.6) is 11.5 Å². The smallest absolute Gasteiger partial charge is 0.239 e. The van der Waals surface area contributed by atoms with Gasteiger partial charge in [-0.1, -0.05) is 71.9 Å². The molecular weight excluding hydrogens is 552 g/mol. The molecule has 2 bridgehead atoms. The molecule has 0 spiro atoms. The van der Waals surface area contributed by atoms with Crippen LogP contribution in [0.1, 0.15) is 63.2 Å². The molecule has 1 aliphatic heterocycles. The zero-order chi connectivity index (χ0) is 33.7. The molecule has 5 nitrogen and oxygen atoms in total. The van der Waals surface area contributed by atoms with Crippen molar-refractivity contribution in [2.45, 2.75) is 70.9 Å². The monoisotopic (exact) mass is 598 g/mol. The Balaban J connectivity index is 1.24. The second-order valence-electron chi connectivity index (χ2n) is 15.1. The molecule has 3 heterocycles. The molecule has 0 N–H and O–H groups in total. The maximum absolute atomic E-state index is 8.32. The molecule has 4 unspecified atom stereocenters. The lowest BCUT2D eigenvalue weighted by atomic mass is 9.86. The number of pyridine rings is 1. The highest BCUT2D eigenvalue weighted by Gasteiger charge is 2.56. The van der Waals surface area contributed by atoms with Gasteiger partial charge < -0.3 is 4.74 Å². The molecule has 3 aromatic carbocycles. The van der Waals surface area contributed by atoms with Gasteiger partial charge in [0.2, 0.25) is 6.34 Å². The quantitative estimate of drug-likeness (QED) is 0.153. The van der Waals surface area contributed by atoms with E-state index in [-0.39, 0.29) is 28.8 Å². The van der Waals surface area contributed by atoms with E-state index in [9.17, 15) is 0 Å². The number of rotatable bonds is 4. The number of fused-ring (bicyclic) bond motifs is 8. The number of nitrogens with zero attached hydrogens (tertiary/aromatic N) is 4. The molecule has 228 valence electrons. The minimum atomic E-state index is -2.20. The number of aromatic nitrogens is 2. The van der Waals surface area contributed by atoms with E-state index in [1.54, 1.807) is 4.58 Å². The molecule has 0 radical (unpaired) electrons. The van der Waals surface area contributed by atoms with Crippen LogP contribution in [-0.2, 0) is 10.8 Å². The molecule has 0 saturated heterocycles. The van der Waals surface area contributed by atoms with Crippen LogP contribution in [-0.4, -0.2) is 39.5 Å². The summed E-state index contributed by atoms with van der Waals surface area (Å²) in [7, 11) is 0. The van der Waals surface area contributed by atoms with Crippen molar-refractivity contribution in [2.75, 3.05) is 11.9 Å². The maximum Gasteiger partial charge on any atom is 0.239 e. The highest BCUT2D eigenvalue weighted by atomic mass is 16.5. The lowest BCUT2D eigenvalue weighted by molar-refractivity contribution is -0.531. The van der Waals surface area contributed by atoms with E-state index < -0.39 is 6.98 Å². The van der Waals surface area contributed by atoms with E-state index in [0.29, 0.717) is 5.92 Å². The van der Waals surface area contributed by atoms with Gasteiger partial charge >= 0.3 is 0 Å². The molecule has 3 aliphatic rings. The highest BCUT2D eigenvalue weighted by Crippen LogP contribution is 2.47. The zero-order valence-electron chi connectivity index (χ0n) is 30.0. The molecule has 1 fully saturated rings. The molecule has 5 aromatic rings. The van der Waals surface area contributed by atoms with E-state index in [2.05, 4.69) is 130 Å². The van der Waals surface area contributed by atoms with E-state index in [1.807, 2.05) is 18.6 Å². The molecule has 0 amide bonds. The summed E-state index contributed by atoms with van der Waals surface area (Å²) in [5.41, 5.74) is 5.27. The predicted molar refractivity (Wildman–Crippen MR) is 186 cm³/mol. The van der Waals surface area contributed by atoms with Crippen molar-refractivity contribution in [3.05, 3.63) is 102 Å². The Bertz CT molecular complexity index is 2150. The first kappa shape index (κ1) is 24.9. The van der Waals surface area contributed by atoms with Crippen LogP contribution in [0.4, 0.5) is 5.69 Å². The Morgan fingerprint density at radius 2 is 1.58 bits per heavy atom. The van der Waals surface area contributed by atoms with Gasteiger partial charge in [-0.3, -0.25) is 9.14 Å². The summed E-state index contributed by atoms with van der Waals surface area (Å²) < 4.78 is 35.5. The predicted octanol–water partition coefficient (Wildman–Crippen LogP) is 9.00. The summed E-state index contributed by atoms with van der Waals surface area (Å²) >= 11 is 0. The lowest BCUT2D eigenvalue weighted by Gasteiger charge is -2.26. The first-order chi connectivity index (χ1) is 22.7. The minimum absolute atomic E-state index is 0.0118. The molecule has 1 saturated carbocycles. The maximum atomic E-state index is 8.32. The van der Waals surface area contributed by atoms with Crippen LogP contribution in [0.2, 0.25) is 0 Å². The molecule has 2 aliphatic carbocycles. The van der Waals surface area contributed by atoms with Crippen LogP contribution in [0.25, 0.3) is 27.6 Å². The Morgan fingerprint density at radius 1 is 0.800 bits per heavy atom. The van der Waals surface area contributed by atoms with Gasteiger partial charge in [-0.25, -0.2) is 9.88 Å². The van der Waals surface area contributed by atoms with Gasteiger partial charge in [0.25, 0.3) is 0 Å². The summed E-state index contributed by atoms with van der Waals surface area (Å²) in [6.07, 6.45) is 9.22. The van der Waals surface area contributed by atoms with Crippen molar-refractivity contribution < 1.29 is 13.4 Å². The van der Waals surface area contributed by atoms with Gasteiger partial charge in [0.15, 0.2) is 0 Å². The van der Waals surface area contributed by atoms with Gasteiger partial charge in [-0.2, -0.15) is 0 Å². The van der Waals surface area contributed by atoms with E-state index >= 15 is 0 Å². The normalized spacial score (nSPS) is 23.7. The third-order valence-electron chi connectivity index (χ3n) is 10.0. The molecule has 45 heavy (non-hydrogen) atoms. The average Bonchev–Trinajstić information content (AvgIpc) is 3.80. The third kappa shape index (κ3) is 4.58. The number of para-hydroxylation sites is 1. The highest BCUT2D eigenvalue weighted by molar-refractivity contribution is 6.09. The molecule has 8 rings (SSSR count). The summed E-state index contributed by atoms with van der Waals surface area (Å²) in [6, 6.07) is 25.4. The number of benzene rings is 3. The molecule has 5 heteroatoms.